The molecule has 2 fully saturated rings. The predicted molar refractivity (Wildman–Crippen MR) is 60.2 cm³/mol. The van der Waals surface area contributed by atoms with Crippen molar-refractivity contribution in [1.82, 2.24) is 4.90 Å². The molecule has 1 spiro atoms. The van der Waals surface area contributed by atoms with E-state index in [4.69, 9.17) is 9.47 Å². The van der Waals surface area contributed by atoms with Crippen molar-refractivity contribution in [3.63, 3.8) is 0 Å². The van der Waals surface area contributed by atoms with Crippen LogP contribution in [0.3, 0.4) is 0 Å². The summed E-state index contributed by atoms with van der Waals surface area (Å²) in [6.45, 7) is 4.30. The van der Waals surface area contributed by atoms with Gasteiger partial charge in [-0.1, -0.05) is 6.92 Å². The molecule has 0 saturated carbocycles. The fraction of sp³-hybridized carbons (Fsp3) is 0.917. The molecular formula is C12H21NO3. The number of nitrogens with zero attached hydrogens (tertiary/aromatic N) is 1. The molecule has 0 N–H and O–H groups in total. The summed E-state index contributed by atoms with van der Waals surface area (Å²) in [5, 5.41) is 0. The van der Waals surface area contributed by atoms with E-state index in [9.17, 15) is 4.79 Å². The fourth-order valence-corrected chi connectivity index (χ4v) is 2.60. The van der Waals surface area contributed by atoms with Gasteiger partial charge in [0.1, 0.15) is 5.60 Å². The summed E-state index contributed by atoms with van der Waals surface area (Å²) in [5.41, 5.74) is -0.0949. The fourth-order valence-electron chi connectivity index (χ4n) is 2.60. The van der Waals surface area contributed by atoms with Crippen LogP contribution in [0.1, 0.15) is 32.6 Å². The molecule has 16 heavy (non-hydrogen) atoms. The zero-order valence-corrected chi connectivity index (χ0v) is 10.2. The van der Waals surface area contributed by atoms with Crippen molar-refractivity contribution < 1.29 is 14.3 Å². The van der Waals surface area contributed by atoms with Gasteiger partial charge < -0.3 is 14.4 Å². The van der Waals surface area contributed by atoms with Crippen LogP contribution in [0.25, 0.3) is 0 Å². The van der Waals surface area contributed by atoms with Crippen molar-refractivity contribution in [3.05, 3.63) is 0 Å². The highest BCUT2D eigenvalue weighted by atomic mass is 16.5. The van der Waals surface area contributed by atoms with Crippen molar-refractivity contribution in [2.45, 2.75) is 44.3 Å². The number of carbonyl (C=O) groups is 1. The molecule has 2 saturated heterocycles. The van der Waals surface area contributed by atoms with E-state index in [0.717, 1.165) is 39.0 Å². The summed E-state index contributed by atoms with van der Waals surface area (Å²) < 4.78 is 11.2. The minimum atomic E-state index is -0.0949. The minimum absolute atomic E-state index is 0.0949. The van der Waals surface area contributed by atoms with Crippen molar-refractivity contribution in [1.29, 1.82) is 0 Å². The molecule has 2 aliphatic rings. The maximum absolute atomic E-state index is 11.6. The first-order chi connectivity index (χ1) is 7.69. The monoisotopic (exact) mass is 227 g/mol. The number of carbonyl (C=O) groups excluding carboxylic acids is 1. The third kappa shape index (κ3) is 2.23. The summed E-state index contributed by atoms with van der Waals surface area (Å²) in [5.74, 6) is 0.260. The topological polar surface area (TPSA) is 38.8 Å². The number of hydrogen-bond acceptors (Lipinski definition) is 3. The Bertz CT molecular complexity index is 261. The second-order valence-corrected chi connectivity index (χ2v) is 4.88. The molecule has 0 unspecified atom stereocenters. The number of methoxy groups -OCH3 is 1. The summed E-state index contributed by atoms with van der Waals surface area (Å²) >= 11 is 0. The number of hydrogen-bond donors (Lipinski definition) is 0. The minimum Gasteiger partial charge on any atom is -0.381 e. The van der Waals surface area contributed by atoms with Gasteiger partial charge >= 0.3 is 0 Å². The molecule has 0 aromatic heterocycles. The number of rotatable bonds is 3. The normalized spacial score (nSPS) is 27.9. The third-order valence-corrected chi connectivity index (χ3v) is 3.56. The van der Waals surface area contributed by atoms with Gasteiger partial charge in [-0.2, -0.15) is 0 Å². The molecule has 0 aromatic carbocycles. The Balaban J connectivity index is 1.83. The summed E-state index contributed by atoms with van der Waals surface area (Å²) in [4.78, 5) is 13.5. The van der Waals surface area contributed by atoms with Gasteiger partial charge in [0.15, 0.2) is 0 Å². The molecule has 0 radical (unpaired) electrons. The first kappa shape index (κ1) is 11.9. The van der Waals surface area contributed by atoms with Gasteiger partial charge in [0.2, 0.25) is 5.91 Å². The van der Waals surface area contributed by atoms with Crippen LogP contribution in [0, 0.1) is 0 Å². The molecule has 4 nitrogen and oxygen atoms in total. The average molecular weight is 227 g/mol. The van der Waals surface area contributed by atoms with Crippen LogP contribution < -0.4 is 0 Å². The van der Waals surface area contributed by atoms with Crippen LogP contribution in [0.2, 0.25) is 0 Å². The highest BCUT2D eigenvalue weighted by Crippen LogP contribution is 2.35. The summed E-state index contributed by atoms with van der Waals surface area (Å²) in [6.07, 6.45) is 3.78. The Labute approximate surface area is 96.9 Å². The second kappa shape index (κ2) is 4.72. The molecule has 2 rings (SSSR count). The van der Waals surface area contributed by atoms with Crippen LogP contribution in [-0.4, -0.2) is 49.3 Å². The number of likely N-dealkylation sites (tertiary alicyclic amines) is 1. The van der Waals surface area contributed by atoms with Gasteiger partial charge in [-0.15, -0.1) is 0 Å². The molecule has 0 aromatic rings. The van der Waals surface area contributed by atoms with Crippen molar-refractivity contribution in [2.24, 2.45) is 0 Å². The van der Waals surface area contributed by atoms with E-state index in [2.05, 4.69) is 0 Å². The Hall–Kier alpha value is -0.610. The Kier molecular flexibility index (Phi) is 3.50. The standard InChI is InChI=1S/C12H21NO3/c1-3-4-11(14)13-8-12(9-13)7-10(15-2)5-6-16-12/h10H,3-9H2,1-2H3/t10-/m1/s1. The maximum Gasteiger partial charge on any atom is 0.222 e. The largest absolute Gasteiger partial charge is 0.381 e. The van der Waals surface area contributed by atoms with Gasteiger partial charge in [-0.25, -0.2) is 0 Å². The molecule has 0 bridgehead atoms. The van der Waals surface area contributed by atoms with E-state index < -0.39 is 0 Å². The van der Waals surface area contributed by atoms with Crippen LogP contribution >= 0.6 is 0 Å². The van der Waals surface area contributed by atoms with E-state index in [1.165, 1.54) is 0 Å². The zero-order valence-electron chi connectivity index (χ0n) is 10.2. The third-order valence-electron chi connectivity index (χ3n) is 3.56. The molecule has 4 heteroatoms. The van der Waals surface area contributed by atoms with Crippen molar-refractivity contribution in [2.75, 3.05) is 26.8 Å². The Morgan fingerprint density at radius 2 is 2.31 bits per heavy atom. The van der Waals surface area contributed by atoms with E-state index in [-0.39, 0.29) is 11.5 Å². The highest BCUT2D eigenvalue weighted by Gasteiger charge is 2.49. The van der Waals surface area contributed by atoms with Gasteiger partial charge in [0, 0.05) is 26.6 Å². The smallest absolute Gasteiger partial charge is 0.222 e. The Morgan fingerprint density at radius 1 is 1.56 bits per heavy atom. The first-order valence-electron chi connectivity index (χ1n) is 6.13. The molecule has 2 heterocycles. The van der Waals surface area contributed by atoms with E-state index in [1.54, 1.807) is 7.11 Å². The first-order valence-corrected chi connectivity index (χ1v) is 6.13. The van der Waals surface area contributed by atoms with Crippen LogP contribution in [0.15, 0.2) is 0 Å². The maximum atomic E-state index is 11.6. The highest BCUT2D eigenvalue weighted by molar-refractivity contribution is 5.77. The zero-order chi connectivity index (χ0) is 11.6. The molecule has 1 amide bonds. The molecule has 0 aliphatic carbocycles. The lowest BCUT2D eigenvalue weighted by atomic mass is 9.84. The second-order valence-electron chi connectivity index (χ2n) is 4.88. The van der Waals surface area contributed by atoms with Gasteiger partial charge in [-0.3, -0.25) is 4.79 Å². The van der Waals surface area contributed by atoms with E-state index in [0.29, 0.717) is 12.5 Å². The quantitative estimate of drug-likeness (QED) is 0.727. The summed E-state index contributed by atoms with van der Waals surface area (Å²) in [6, 6.07) is 0. The van der Waals surface area contributed by atoms with Gasteiger partial charge in [0.05, 0.1) is 19.2 Å². The molecule has 2 aliphatic heterocycles. The van der Waals surface area contributed by atoms with Gasteiger partial charge in [-0.05, 0) is 12.8 Å². The number of amides is 1. The lowest BCUT2D eigenvalue weighted by Crippen LogP contribution is -2.67. The lowest BCUT2D eigenvalue weighted by Gasteiger charge is -2.53. The molecule has 92 valence electrons. The summed E-state index contributed by atoms with van der Waals surface area (Å²) in [7, 11) is 1.75. The van der Waals surface area contributed by atoms with E-state index >= 15 is 0 Å². The van der Waals surface area contributed by atoms with Crippen LogP contribution in [-0.2, 0) is 14.3 Å². The average Bonchev–Trinajstić information content (AvgIpc) is 2.26. The SMILES string of the molecule is CCCC(=O)N1CC2(C[C@H](OC)CCO2)C1. The lowest BCUT2D eigenvalue weighted by molar-refractivity contribution is -0.198. The molecular weight excluding hydrogens is 206 g/mol. The predicted octanol–water partition coefficient (Wildman–Crippen LogP) is 1.19. The van der Waals surface area contributed by atoms with Crippen LogP contribution in [0.5, 0.6) is 0 Å². The van der Waals surface area contributed by atoms with Crippen molar-refractivity contribution in [3.8, 4) is 0 Å². The van der Waals surface area contributed by atoms with Crippen LogP contribution in [0.4, 0.5) is 0 Å². The van der Waals surface area contributed by atoms with Crippen molar-refractivity contribution >= 4 is 5.91 Å². The van der Waals surface area contributed by atoms with Gasteiger partial charge in [0.25, 0.3) is 0 Å². The van der Waals surface area contributed by atoms with E-state index in [1.807, 2.05) is 11.8 Å². The Morgan fingerprint density at radius 3 is 2.94 bits per heavy atom. The molecule has 1 atom stereocenters. The number of ether oxygens (including phenoxy) is 2.